The van der Waals surface area contributed by atoms with Gasteiger partial charge in [-0.25, -0.2) is 4.79 Å². The van der Waals surface area contributed by atoms with Gasteiger partial charge in [0.2, 0.25) is 0 Å². The summed E-state index contributed by atoms with van der Waals surface area (Å²) in [4.78, 5) is 25.1. The molecule has 2 rings (SSSR count). The maximum absolute atomic E-state index is 12.4. The highest BCUT2D eigenvalue weighted by Crippen LogP contribution is 2.22. The molecule has 0 aromatic heterocycles. The highest BCUT2D eigenvalue weighted by Gasteiger charge is 2.16. The summed E-state index contributed by atoms with van der Waals surface area (Å²) >= 11 is 0. The van der Waals surface area contributed by atoms with Crippen molar-refractivity contribution in [3.63, 3.8) is 0 Å². The van der Waals surface area contributed by atoms with E-state index in [-0.39, 0.29) is 11.9 Å². The van der Waals surface area contributed by atoms with Gasteiger partial charge >= 0.3 is 5.97 Å². The molecule has 1 atom stereocenters. The number of carbonyl (C=O) groups is 2. The Morgan fingerprint density at radius 3 is 2.54 bits per heavy atom. The van der Waals surface area contributed by atoms with Gasteiger partial charge in [-0.2, -0.15) is 0 Å². The van der Waals surface area contributed by atoms with Crippen molar-refractivity contribution in [1.29, 1.82) is 0 Å². The van der Waals surface area contributed by atoms with Gasteiger partial charge in [-0.05, 0) is 31.2 Å². The van der Waals surface area contributed by atoms with E-state index >= 15 is 0 Å². The lowest BCUT2D eigenvalue weighted by Crippen LogP contribution is -3.11. The number of nitrogens with one attached hydrogen (secondary N) is 2. The largest absolute Gasteiger partial charge is 0.495 e. The number of esters is 1. The van der Waals surface area contributed by atoms with Crippen LogP contribution >= 0.6 is 0 Å². The van der Waals surface area contributed by atoms with E-state index < -0.39 is 0 Å². The lowest BCUT2D eigenvalue weighted by atomic mass is 10.1. The zero-order chi connectivity index (χ0) is 18.9. The SMILES string of the molecule is CC[NH+](CC(=O)Nc1ccccc1OC)Cc1cccc(C(=O)OC)c1. The van der Waals surface area contributed by atoms with Crippen LogP contribution in [-0.2, 0) is 16.1 Å². The molecule has 2 aromatic rings. The molecule has 6 heteroatoms. The van der Waals surface area contributed by atoms with Crippen molar-refractivity contribution in [2.24, 2.45) is 0 Å². The molecule has 0 saturated carbocycles. The van der Waals surface area contributed by atoms with Crippen LogP contribution in [0.5, 0.6) is 5.75 Å². The molecule has 0 heterocycles. The first-order chi connectivity index (χ1) is 12.6. The monoisotopic (exact) mass is 357 g/mol. The fraction of sp³-hybridized carbons (Fsp3) is 0.300. The van der Waals surface area contributed by atoms with E-state index in [1.807, 2.05) is 37.3 Å². The summed E-state index contributed by atoms with van der Waals surface area (Å²) in [6.45, 7) is 3.76. The minimum absolute atomic E-state index is 0.0875. The quantitative estimate of drug-likeness (QED) is 0.703. The van der Waals surface area contributed by atoms with E-state index in [0.717, 1.165) is 17.0 Å². The molecule has 0 fully saturated rings. The summed E-state index contributed by atoms with van der Waals surface area (Å²) in [5.41, 5.74) is 2.15. The third-order valence-corrected chi connectivity index (χ3v) is 4.09. The molecule has 1 unspecified atom stereocenters. The van der Waals surface area contributed by atoms with E-state index in [4.69, 9.17) is 9.47 Å². The van der Waals surface area contributed by atoms with E-state index in [1.165, 1.54) is 7.11 Å². The summed E-state index contributed by atoms with van der Waals surface area (Å²) in [5, 5.41) is 2.89. The minimum atomic E-state index is -0.362. The van der Waals surface area contributed by atoms with Gasteiger partial charge in [0.05, 0.1) is 32.0 Å². The number of rotatable bonds is 8. The fourth-order valence-electron chi connectivity index (χ4n) is 2.70. The Bertz CT molecular complexity index is 761. The van der Waals surface area contributed by atoms with Crippen LogP contribution in [0.2, 0.25) is 0 Å². The summed E-state index contributed by atoms with van der Waals surface area (Å²) in [6.07, 6.45) is 0. The minimum Gasteiger partial charge on any atom is -0.495 e. The van der Waals surface area contributed by atoms with E-state index in [1.54, 1.807) is 25.3 Å². The zero-order valence-electron chi connectivity index (χ0n) is 15.4. The van der Waals surface area contributed by atoms with E-state index in [0.29, 0.717) is 30.1 Å². The van der Waals surface area contributed by atoms with Crippen LogP contribution in [0.4, 0.5) is 5.69 Å². The first-order valence-corrected chi connectivity index (χ1v) is 8.51. The molecule has 0 spiro atoms. The Hall–Kier alpha value is -2.86. The van der Waals surface area contributed by atoms with Crippen molar-refractivity contribution in [2.45, 2.75) is 13.5 Å². The molecule has 6 nitrogen and oxygen atoms in total. The number of ether oxygens (including phenoxy) is 2. The topological polar surface area (TPSA) is 69.1 Å². The second-order valence-corrected chi connectivity index (χ2v) is 5.90. The average Bonchev–Trinajstić information content (AvgIpc) is 2.67. The van der Waals surface area contributed by atoms with Crippen molar-refractivity contribution in [1.82, 2.24) is 0 Å². The van der Waals surface area contributed by atoms with Crippen LogP contribution < -0.4 is 15.0 Å². The number of para-hydroxylation sites is 2. The van der Waals surface area contributed by atoms with Gasteiger partial charge in [0.25, 0.3) is 5.91 Å². The van der Waals surface area contributed by atoms with Crippen molar-refractivity contribution in [3.8, 4) is 5.75 Å². The van der Waals surface area contributed by atoms with Gasteiger partial charge in [0, 0.05) is 5.56 Å². The number of methoxy groups -OCH3 is 2. The summed E-state index contributed by atoms with van der Waals surface area (Å²) in [6, 6.07) is 14.6. The lowest BCUT2D eigenvalue weighted by molar-refractivity contribution is -0.903. The number of quaternary nitrogens is 1. The molecule has 26 heavy (non-hydrogen) atoms. The maximum atomic E-state index is 12.4. The Kier molecular flexibility index (Phi) is 7.17. The molecule has 1 amide bonds. The van der Waals surface area contributed by atoms with Crippen LogP contribution in [-0.4, -0.2) is 39.2 Å². The second kappa shape index (κ2) is 9.58. The lowest BCUT2D eigenvalue weighted by Gasteiger charge is -2.18. The first-order valence-electron chi connectivity index (χ1n) is 8.51. The Morgan fingerprint density at radius 1 is 1.08 bits per heavy atom. The van der Waals surface area contributed by atoms with Crippen LogP contribution in [0.15, 0.2) is 48.5 Å². The average molecular weight is 357 g/mol. The van der Waals surface area contributed by atoms with Crippen molar-refractivity contribution >= 4 is 17.6 Å². The summed E-state index contributed by atoms with van der Waals surface area (Å²) < 4.78 is 10.0. The van der Waals surface area contributed by atoms with E-state index in [9.17, 15) is 9.59 Å². The molecule has 0 aliphatic rings. The molecule has 2 N–H and O–H groups in total. The van der Waals surface area contributed by atoms with Crippen LogP contribution in [0.25, 0.3) is 0 Å². The zero-order valence-corrected chi connectivity index (χ0v) is 15.4. The number of hydrogen-bond donors (Lipinski definition) is 2. The summed E-state index contributed by atoms with van der Waals surface area (Å²) in [7, 11) is 2.93. The normalized spacial score (nSPS) is 11.5. The standard InChI is InChI=1S/C20H24N2O4/c1-4-22(13-15-8-7-9-16(12-15)20(24)26-3)14-19(23)21-17-10-5-6-11-18(17)25-2/h5-12H,4,13-14H2,1-3H3,(H,21,23)/p+1. The predicted molar refractivity (Wildman–Crippen MR) is 99.5 cm³/mol. The molecule has 0 aliphatic carbocycles. The van der Waals surface area contributed by atoms with Crippen LogP contribution in [0.1, 0.15) is 22.8 Å². The molecule has 0 bridgehead atoms. The molecular weight excluding hydrogens is 332 g/mol. The number of anilines is 1. The molecular formula is C20H25N2O4+. The second-order valence-electron chi connectivity index (χ2n) is 5.90. The molecule has 0 radical (unpaired) electrons. The van der Waals surface area contributed by atoms with Gasteiger partial charge in [-0.3, -0.25) is 4.79 Å². The summed E-state index contributed by atoms with van der Waals surface area (Å²) in [5.74, 6) is 0.180. The van der Waals surface area contributed by atoms with Crippen molar-refractivity contribution < 1.29 is 24.0 Å². The highest BCUT2D eigenvalue weighted by atomic mass is 16.5. The number of likely N-dealkylation sites (N-methyl/N-ethyl adjacent to an activating group) is 1. The highest BCUT2D eigenvalue weighted by molar-refractivity contribution is 5.93. The predicted octanol–water partition coefficient (Wildman–Crippen LogP) is 1.53. The number of benzene rings is 2. The smallest absolute Gasteiger partial charge is 0.337 e. The molecule has 138 valence electrons. The van der Waals surface area contributed by atoms with Gasteiger partial charge in [0.15, 0.2) is 6.54 Å². The Balaban J connectivity index is 2.00. The third-order valence-electron chi connectivity index (χ3n) is 4.09. The number of amides is 1. The van der Waals surface area contributed by atoms with E-state index in [2.05, 4.69) is 5.32 Å². The fourth-order valence-corrected chi connectivity index (χ4v) is 2.70. The number of carbonyl (C=O) groups excluding carboxylic acids is 2. The Labute approximate surface area is 153 Å². The third kappa shape index (κ3) is 5.32. The molecule has 0 saturated heterocycles. The number of hydrogen-bond acceptors (Lipinski definition) is 4. The maximum Gasteiger partial charge on any atom is 0.337 e. The van der Waals surface area contributed by atoms with Crippen molar-refractivity contribution in [3.05, 3.63) is 59.7 Å². The molecule has 2 aromatic carbocycles. The van der Waals surface area contributed by atoms with Gasteiger partial charge in [-0.15, -0.1) is 0 Å². The Morgan fingerprint density at radius 2 is 1.85 bits per heavy atom. The van der Waals surface area contributed by atoms with Gasteiger partial charge in [0.1, 0.15) is 12.3 Å². The first kappa shape index (κ1) is 19.5. The van der Waals surface area contributed by atoms with Crippen molar-refractivity contribution in [2.75, 3.05) is 32.6 Å². The van der Waals surface area contributed by atoms with Gasteiger partial charge < -0.3 is 19.7 Å². The molecule has 0 aliphatic heterocycles. The van der Waals surface area contributed by atoms with Crippen LogP contribution in [0, 0.1) is 0 Å². The van der Waals surface area contributed by atoms with Crippen LogP contribution in [0.3, 0.4) is 0 Å². The van der Waals surface area contributed by atoms with Gasteiger partial charge in [-0.1, -0.05) is 24.3 Å².